The van der Waals surface area contributed by atoms with Crippen LogP contribution < -0.4 is 5.32 Å². The zero-order valence-corrected chi connectivity index (χ0v) is 18.4. The summed E-state index contributed by atoms with van der Waals surface area (Å²) in [6, 6.07) is 0. The lowest BCUT2D eigenvalue weighted by atomic mass is 10.1. The number of nitrogens with one attached hydrogen (secondary N) is 1. The predicted octanol–water partition coefficient (Wildman–Crippen LogP) is 7.39. The second-order valence-corrected chi connectivity index (χ2v) is 8.30. The molecule has 2 heteroatoms. The molecule has 0 radical (unpaired) electrons. The molecule has 1 atom stereocenters. The summed E-state index contributed by atoms with van der Waals surface area (Å²) in [4.78, 5) is 0. The van der Waals surface area contributed by atoms with Crippen LogP contribution in [0.1, 0.15) is 136 Å². The summed E-state index contributed by atoms with van der Waals surface area (Å²) in [5.41, 5.74) is 0. The zero-order valence-electron chi connectivity index (χ0n) is 18.4. The van der Waals surface area contributed by atoms with Gasteiger partial charge in [0.2, 0.25) is 0 Å². The fourth-order valence-corrected chi connectivity index (χ4v) is 3.62. The van der Waals surface area contributed by atoms with Gasteiger partial charge in [0.1, 0.15) is 0 Å². The number of hydrogen-bond donors (Lipinski definition) is 2. The van der Waals surface area contributed by atoms with E-state index < -0.39 is 0 Å². The smallest absolute Gasteiger partial charge is 0.0664 e. The molecule has 0 aromatic carbocycles. The van der Waals surface area contributed by atoms with Gasteiger partial charge in [-0.2, -0.15) is 0 Å². The van der Waals surface area contributed by atoms with Crippen LogP contribution in [0, 0.1) is 0 Å². The molecule has 2 nitrogen and oxygen atoms in total. The fraction of sp³-hybridized carbons (Fsp3) is 1.00. The average Bonchev–Trinajstić information content (AvgIpc) is 2.65. The van der Waals surface area contributed by atoms with Crippen molar-refractivity contribution in [3.8, 4) is 0 Å². The second kappa shape index (κ2) is 23.0. The quantitative estimate of drug-likeness (QED) is 0.195. The van der Waals surface area contributed by atoms with Crippen molar-refractivity contribution < 1.29 is 5.11 Å². The number of hydrogen-bond acceptors (Lipinski definition) is 2. The molecule has 0 fully saturated rings. The van der Waals surface area contributed by atoms with E-state index in [1.807, 2.05) is 0 Å². The van der Waals surface area contributed by atoms with Crippen molar-refractivity contribution in [3.63, 3.8) is 0 Å². The third-order valence-electron chi connectivity index (χ3n) is 5.48. The fourth-order valence-electron chi connectivity index (χ4n) is 3.62. The molecule has 2 N–H and O–H groups in total. The van der Waals surface area contributed by atoms with Crippen molar-refractivity contribution in [2.45, 2.75) is 142 Å². The van der Waals surface area contributed by atoms with Crippen LogP contribution in [0.25, 0.3) is 0 Å². The van der Waals surface area contributed by atoms with Crippen molar-refractivity contribution in [2.75, 3.05) is 13.1 Å². The van der Waals surface area contributed by atoms with Crippen LogP contribution >= 0.6 is 0 Å². The van der Waals surface area contributed by atoms with Crippen LogP contribution in [-0.2, 0) is 0 Å². The van der Waals surface area contributed by atoms with E-state index in [9.17, 15) is 5.11 Å². The Kier molecular flexibility index (Phi) is 22.9. The Morgan fingerprint density at radius 3 is 1.38 bits per heavy atom. The highest BCUT2D eigenvalue weighted by Crippen LogP contribution is 2.12. The monoisotopic (exact) mass is 369 g/mol. The van der Waals surface area contributed by atoms with Crippen LogP contribution in [-0.4, -0.2) is 24.3 Å². The van der Waals surface area contributed by atoms with Crippen molar-refractivity contribution in [1.82, 2.24) is 5.32 Å². The highest BCUT2D eigenvalue weighted by Gasteiger charge is 2.03. The summed E-state index contributed by atoms with van der Waals surface area (Å²) < 4.78 is 0. The predicted molar refractivity (Wildman–Crippen MR) is 118 cm³/mol. The van der Waals surface area contributed by atoms with Crippen LogP contribution in [0.2, 0.25) is 0 Å². The minimum absolute atomic E-state index is 0.140. The van der Waals surface area contributed by atoms with Crippen LogP contribution in [0.5, 0.6) is 0 Å². The third kappa shape index (κ3) is 22.0. The van der Waals surface area contributed by atoms with Crippen LogP contribution in [0.15, 0.2) is 0 Å². The highest BCUT2D eigenvalue weighted by molar-refractivity contribution is 4.60. The molecule has 0 saturated heterocycles. The maximum Gasteiger partial charge on any atom is 0.0664 e. The van der Waals surface area contributed by atoms with Gasteiger partial charge < -0.3 is 10.4 Å². The molecule has 0 aromatic heterocycles. The molecule has 1 unspecified atom stereocenters. The molecule has 0 heterocycles. The summed E-state index contributed by atoms with van der Waals surface area (Å²) in [5.74, 6) is 0. The zero-order chi connectivity index (χ0) is 19.1. The Morgan fingerprint density at radius 2 is 0.923 bits per heavy atom. The summed E-state index contributed by atoms with van der Waals surface area (Å²) in [5, 5.41) is 13.4. The normalized spacial score (nSPS) is 12.6. The largest absolute Gasteiger partial charge is 0.392 e. The first-order valence-corrected chi connectivity index (χ1v) is 12.2. The van der Waals surface area contributed by atoms with Crippen LogP contribution in [0.3, 0.4) is 0 Å². The van der Waals surface area contributed by atoms with Gasteiger partial charge in [0.05, 0.1) is 6.10 Å². The van der Waals surface area contributed by atoms with E-state index in [0.29, 0.717) is 0 Å². The summed E-state index contributed by atoms with van der Waals surface area (Å²) in [6.07, 6.45) is 25.5. The van der Waals surface area contributed by atoms with Crippen molar-refractivity contribution in [1.29, 1.82) is 0 Å². The lowest BCUT2D eigenvalue weighted by molar-refractivity contribution is 0.158. The maximum atomic E-state index is 9.98. The van der Waals surface area contributed by atoms with Gasteiger partial charge in [-0.3, -0.25) is 0 Å². The third-order valence-corrected chi connectivity index (χ3v) is 5.48. The Hall–Kier alpha value is -0.0800. The van der Waals surface area contributed by atoms with Gasteiger partial charge in [0.25, 0.3) is 0 Å². The Bertz CT molecular complexity index is 244. The lowest BCUT2D eigenvalue weighted by Gasteiger charge is -2.11. The summed E-state index contributed by atoms with van der Waals surface area (Å²) >= 11 is 0. The van der Waals surface area contributed by atoms with E-state index in [1.54, 1.807) is 0 Å². The minimum Gasteiger partial charge on any atom is -0.392 e. The van der Waals surface area contributed by atoms with Gasteiger partial charge >= 0.3 is 0 Å². The lowest BCUT2D eigenvalue weighted by Crippen LogP contribution is -2.27. The topological polar surface area (TPSA) is 32.3 Å². The number of aliphatic hydroxyl groups excluding tert-OH is 1. The van der Waals surface area contributed by atoms with E-state index in [4.69, 9.17) is 0 Å². The van der Waals surface area contributed by atoms with Crippen LogP contribution in [0.4, 0.5) is 0 Å². The Morgan fingerprint density at radius 1 is 0.538 bits per heavy atom. The molecule has 158 valence electrons. The van der Waals surface area contributed by atoms with Gasteiger partial charge in [-0.15, -0.1) is 0 Å². The van der Waals surface area contributed by atoms with E-state index in [-0.39, 0.29) is 6.10 Å². The van der Waals surface area contributed by atoms with Crippen molar-refractivity contribution >= 4 is 0 Å². The first-order valence-electron chi connectivity index (χ1n) is 12.2. The van der Waals surface area contributed by atoms with Crippen molar-refractivity contribution in [2.24, 2.45) is 0 Å². The average molecular weight is 370 g/mol. The molecule has 0 aliphatic carbocycles. The molecule has 0 spiro atoms. The molecular formula is C24H51NO. The molecule has 0 aromatic rings. The number of aliphatic hydroxyl groups is 1. The Labute approximate surface area is 165 Å². The van der Waals surface area contributed by atoms with E-state index in [2.05, 4.69) is 19.2 Å². The molecule has 0 bridgehead atoms. The molecule has 0 amide bonds. The van der Waals surface area contributed by atoms with Gasteiger partial charge in [-0.1, -0.05) is 123 Å². The second-order valence-electron chi connectivity index (χ2n) is 8.30. The van der Waals surface area contributed by atoms with Crippen molar-refractivity contribution in [3.05, 3.63) is 0 Å². The number of rotatable bonds is 22. The first kappa shape index (κ1) is 25.9. The Balaban J connectivity index is 3.09. The SMILES string of the molecule is CCCCCCCCCCCCCCNCC(O)CCCCCCCC. The van der Waals surface area contributed by atoms with Gasteiger partial charge in [0.15, 0.2) is 0 Å². The highest BCUT2D eigenvalue weighted by atomic mass is 16.3. The maximum absolute atomic E-state index is 9.98. The molecule has 0 aliphatic rings. The van der Waals surface area contributed by atoms with E-state index in [1.165, 1.54) is 116 Å². The summed E-state index contributed by atoms with van der Waals surface area (Å²) in [7, 11) is 0. The molecule has 26 heavy (non-hydrogen) atoms. The molecule has 0 saturated carbocycles. The van der Waals surface area contributed by atoms with E-state index in [0.717, 1.165) is 19.5 Å². The van der Waals surface area contributed by atoms with Gasteiger partial charge in [-0.25, -0.2) is 0 Å². The van der Waals surface area contributed by atoms with E-state index >= 15 is 0 Å². The first-order chi connectivity index (χ1) is 12.8. The molecule has 0 aliphatic heterocycles. The van der Waals surface area contributed by atoms with Gasteiger partial charge in [0, 0.05) is 6.54 Å². The molecule has 0 rings (SSSR count). The van der Waals surface area contributed by atoms with Gasteiger partial charge in [-0.05, 0) is 19.4 Å². The summed E-state index contributed by atoms with van der Waals surface area (Å²) in [6.45, 7) is 6.40. The minimum atomic E-state index is -0.140. The standard InChI is InChI=1S/C24H51NO/c1-3-5-7-9-11-12-13-14-15-16-18-20-22-25-23-24(26)21-19-17-10-8-6-4-2/h24-26H,3-23H2,1-2H3. The molecular weight excluding hydrogens is 318 g/mol. The number of unbranched alkanes of at least 4 members (excludes halogenated alkanes) is 16.